The number of imidazole rings is 1. The van der Waals surface area contributed by atoms with Crippen LogP contribution >= 0.6 is 11.6 Å². The molecule has 230 valence electrons. The minimum Gasteiger partial charge on any atom is -0.473 e. The van der Waals surface area contributed by atoms with Crippen molar-refractivity contribution in [2.75, 3.05) is 25.0 Å². The van der Waals surface area contributed by atoms with Crippen molar-refractivity contribution < 1.29 is 31.8 Å². The number of aromatic nitrogens is 2. The minimum atomic E-state index is -4.71. The van der Waals surface area contributed by atoms with Crippen LogP contribution in [0, 0.1) is 11.7 Å². The van der Waals surface area contributed by atoms with E-state index in [-0.39, 0.29) is 19.0 Å². The van der Waals surface area contributed by atoms with E-state index in [9.17, 15) is 22.4 Å². The predicted octanol–water partition coefficient (Wildman–Crippen LogP) is 6.85. The van der Waals surface area contributed by atoms with E-state index in [0.29, 0.717) is 52.0 Å². The molecule has 3 aromatic rings. The van der Waals surface area contributed by atoms with Gasteiger partial charge < -0.3 is 14.6 Å². The van der Waals surface area contributed by atoms with Crippen molar-refractivity contribution in [2.24, 2.45) is 10.9 Å². The Morgan fingerprint density at radius 3 is 2.70 bits per heavy atom. The summed E-state index contributed by atoms with van der Waals surface area (Å²) in [5, 5.41) is 2.88. The number of nitrogens with one attached hydrogen (secondary N) is 1. The molecule has 1 aliphatic heterocycles. The normalized spacial score (nSPS) is 15.3. The van der Waals surface area contributed by atoms with Gasteiger partial charge in [-0.2, -0.15) is 0 Å². The van der Waals surface area contributed by atoms with Crippen LogP contribution in [0.4, 0.5) is 23.2 Å². The Balaban J connectivity index is 1.30. The first-order valence-corrected chi connectivity index (χ1v) is 14.1. The summed E-state index contributed by atoms with van der Waals surface area (Å²) < 4.78 is 63.1. The molecular formula is C30H32ClF4N5O3. The van der Waals surface area contributed by atoms with Crippen LogP contribution in [0.15, 0.2) is 65.5 Å². The van der Waals surface area contributed by atoms with Crippen LogP contribution in [-0.2, 0) is 34.0 Å². The molecule has 1 N–H and O–H groups in total. The fourth-order valence-corrected chi connectivity index (χ4v) is 5.06. The Bertz CT molecular complexity index is 1470. The van der Waals surface area contributed by atoms with E-state index >= 15 is 0 Å². The Morgan fingerprint density at radius 1 is 1.21 bits per heavy atom. The number of hydrogen-bond donors (Lipinski definition) is 1. The largest absolute Gasteiger partial charge is 0.522 e. The predicted molar refractivity (Wildman–Crippen MR) is 157 cm³/mol. The summed E-state index contributed by atoms with van der Waals surface area (Å²) in [4.78, 5) is 21.6. The molecule has 43 heavy (non-hydrogen) atoms. The third kappa shape index (κ3) is 9.63. The summed E-state index contributed by atoms with van der Waals surface area (Å²) in [5.41, 5.74) is 2.16. The van der Waals surface area contributed by atoms with Crippen LogP contribution in [0.25, 0.3) is 11.0 Å². The lowest BCUT2D eigenvalue weighted by molar-refractivity contribution is -0.325. The smallest absolute Gasteiger partial charge is 0.473 e. The third-order valence-corrected chi connectivity index (χ3v) is 7.33. The molecule has 0 radical (unpaired) electrons. The molecule has 0 unspecified atom stereocenters. The number of hydrogen-bond acceptors (Lipinski definition) is 6. The molecule has 2 aromatic carbocycles. The van der Waals surface area contributed by atoms with Crippen molar-refractivity contribution in [2.45, 2.75) is 45.3 Å². The molecule has 0 bridgehead atoms. The highest BCUT2D eigenvalue weighted by Crippen LogP contribution is 2.26. The summed E-state index contributed by atoms with van der Waals surface area (Å²) in [6, 6.07) is 9.47. The number of rotatable bonds is 14. The maximum Gasteiger partial charge on any atom is 0.522 e. The van der Waals surface area contributed by atoms with Gasteiger partial charge in [-0.3, -0.25) is 14.4 Å². The van der Waals surface area contributed by atoms with Crippen molar-refractivity contribution in [3.63, 3.8) is 0 Å². The van der Waals surface area contributed by atoms with E-state index in [2.05, 4.69) is 31.6 Å². The number of amides is 1. The van der Waals surface area contributed by atoms with E-state index in [4.69, 9.17) is 16.3 Å². The highest BCUT2D eigenvalue weighted by Gasteiger charge is 2.29. The Kier molecular flexibility index (Phi) is 11.3. The van der Waals surface area contributed by atoms with Gasteiger partial charge >= 0.3 is 6.36 Å². The first kappa shape index (κ1) is 32.2. The fourth-order valence-electron chi connectivity index (χ4n) is 4.90. The number of nitrogens with zero attached hydrogens (tertiary/aromatic N) is 4. The van der Waals surface area contributed by atoms with E-state index in [1.165, 1.54) is 6.07 Å². The molecule has 1 aliphatic rings. The standard InChI is InChI=1S/C30H32ClF4N5O3/c1-36-29(42-19-22-6-7-23(31)16-25(22)32)5-3-2-4-21-10-12-39(13-11-21)18-28-38-26-17-24(37-20-41)8-9-27(26)40(28)14-15-43-30(33,34)35/h2-3,5-9,16-17,20-21H,1,4,10-15,18-19H2,(H,37,41)/b3-2-,29-5+. The van der Waals surface area contributed by atoms with Gasteiger partial charge in [0, 0.05) is 22.8 Å². The number of ether oxygens (including phenoxy) is 2. The van der Waals surface area contributed by atoms with Crippen LogP contribution in [0.5, 0.6) is 0 Å². The molecule has 1 fully saturated rings. The van der Waals surface area contributed by atoms with Gasteiger partial charge in [-0.25, -0.2) is 14.4 Å². The molecule has 4 rings (SSSR count). The summed E-state index contributed by atoms with van der Waals surface area (Å²) in [6.45, 7) is 5.05. The van der Waals surface area contributed by atoms with Crippen molar-refractivity contribution in [3.8, 4) is 0 Å². The summed E-state index contributed by atoms with van der Waals surface area (Å²) in [5.74, 6) is 0.918. The maximum atomic E-state index is 14.0. The molecular weight excluding hydrogens is 590 g/mol. The van der Waals surface area contributed by atoms with Gasteiger partial charge in [0.05, 0.1) is 24.2 Å². The molecule has 8 nitrogen and oxygen atoms in total. The molecule has 0 saturated carbocycles. The van der Waals surface area contributed by atoms with E-state index in [1.807, 2.05) is 12.2 Å². The van der Waals surface area contributed by atoms with Crippen molar-refractivity contribution in [1.82, 2.24) is 14.5 Å². The number of anilines is 1. The van der Waals surface area contributed by atoms with Gasteiger partial charge in [0.1, 0.15) is 18.2 Å². The molecule has 1 aromatic heterocycles. The fraction of sp³-hybridized carbons (Fsp3) is 0.367. The Hall–Kier alpha value is -3.74. The number of likely N-dealkylation sites (tertiary alicyclic amines) is 1. The second kappa shape index (κ2) is 15.1. The maximum absolute atomic E-state index is 14.0. The quantitative estimate of drug-likeness (QED) is 0.0700. The lowest BCUT2D eigenvalue weighted by Gasteiger charge is -2.31. The summed E-state index contributed by atoms with van der Waals surface area (Å²) >= 11 is 5.78. The van der Waals surface area contributed by atoms with Crippen LogP contribution in [0.1, 0.15) is 30.7 Å². The second-order valence-electron chi connectivity index (χ2n) is 10.0. The Labute approximate surface area is 251 Å². The zero-order valence-electron chi connectivity index (χ0n) is 23.3. The third-order valence-electron chi connectivity index (χ3n) is 7.10. The monoisotopic (exact) mass is 621 g/mol. The van der Waals surface area contributed by atoms with E-state index < -0.39 is 18.8 Å². The van der Waals surface area contributed by atoms with Crippen molar-refractivity contribution >= 4 is 41.4 Å². The van der Waals surface area contributed by atoms with Gasteiger partial charge in [0.25, 0.3) is 0 Å². The van der Waals surface area contributed by atoms with Crippen LogP contribution in [0.2, 0.25) is 5.02 Å². The average molecular weight is 622 g/mol. The number of allylic oxidation sites excluding steroid dienone is 3. The summed E-state index contributed by atoms with van der Waals surface area (Å²) in [6.07, 6.45) is 4.13. The minimum absolute atomic E-state index is 0.000105. The van der Waals surface area contributed by atoms with Crippen LogP contribution in [0.3, 0.4) is 0 Å². The Morgan fingerprint density at radius 2 is 2.00 bits per heavy atom. The number of halogens is 5. The molecule has 0 aliphatic carbocycles. The average Bonchev–Trinajstić information content (AvgIpc) is 3.29. The second-order valence-corrected chi connectivity index (χ2v) is 10.4. The van der Waals surface area contributed by atoms with E-state index in [0.717, 1.165) is 32.4 Å². The molecule has 1 saturated heterocycles. The lowest BCUT2D eigenvalue weighted by Crippen LogP contribution is -2.34. The highest BCUT2D eigenvalue weighted by atomic mass is 35.5. The zero-order chi connectivity index (χ0) is 30.8. The first-order valence-electron chi connectivity index (χ1n) is 13.7. The summed E-state index contributed by atoms with van der Waals surface area (Å²) in [7, 11) is 0. The number of benzene rings is 2. The number of fused-ring (bicyclic) bond motifs is 1. The van der Waals surface area contributed by atoms with Crippen LogP contribution < -0.4 is 5.32 Å². The topological polar surface area (TPSA) is 81.0 Å². The molecule has 0 atom stereocenters. The number of carbonyl (C=O) groups is 1. The number of carbonyl (C=O) groups excluding carboxylic acids is 1. The lowest BCUT2D eigenvalue weighted by atomic mass is 9.93. The number of alkyl halides is 3. The SMILES string of the molecule is C=N/C(=C\C=C/CC1CCN(Cc2nc3cc(NC=O)ccc3n2CCOC(F)(F)F)CC1)OCc1ccc(Cl)cc1F. The van der Waals surface area contributed by atoms with Crippen molar-refractivity contribution in [1.29, 1.82) is 0 Å². The van der Waals surface area contributed by atoms with Gasteiger partial charge in [0.2, 0.25) is 12.3 Å². The van der Waals surface area contributed by atoms with Gasteiger partial charge in [-0.05, 0) is 81.4 Å². The zero-order valence-corrected chi connectivity index (χ0v) is 24.1. The number of aliphatic imine (C=N–C) groups is 1. The molecule has 1 amide bonds. The number of piperidine rings is 1. The van der Waals surface area contributed by atoms with Gasteiger partial charge in [0.15, 0.2) is 0 Å². The van der Waals surface area contributed by atoms with Gasteiger partial charge in [-0.1, -0.05) is 29.8 Å². The van der Waals surface area contributed by atoms with Crippen LogP contribution in [-0.4, -0.2) is 53.6 Å². The molecule has 2 heterocycles. The first-order chi connectivity index (χ1) is 20.6. The molecule has 13 heteroatoms. The highest BCUT2D eigenvalue weighted by molar-refractivity contribution is 6.30. The van der Waals surface area contributed by atoms with E-state index in [1.54, 1.807) is 41.0 Å². The van der Waals surface area contributed by atoms with Crippen molar-refractivity contribution in [3.05, 3.63) is 82.7 Å². The molecule has 0 spiro atoms. The van der Waals surface area contributed by atoms with Gasteiger partial charge in [-0.15, -0.1) is 13.2 Å².